The molecular weight excluding hydrogens is 373 g/mol. The molecule has 0 saturated carbocycles. The Morgan fingerprint density at radius 2 is 1.81 bits per heavy atom. The number of para-hydroxylation sites is 1. The van der Waals surface area contributed by atoms with Gasteiger partial charge in [-0.15, -0.1) is 0 Å². The van der Waals surface area contributed by atoms with Crippen LogP contribution in [0.1, 0.15) is 17.5 Å². The molecule has 0 atom stereocenters. The zero-order valence-corrected chi connectivity index (χ0v) is 15.6. The maximum atomic E-state index is 12.2. The molecule has 0 saturated heterocycles. The van der Waals surface area contributed by atoms with Crippen LogP contribution in [-0.2, 0) is 22.4 Å². The van der Waals surface area contributed by atoms with Crippen LogP contribution in [0.25, 0.3) is 0 Å². The third kappa shape index (κ3) is 4.68. The average Bonchev–Trinajstić information content (AvgIpc) is 2.63. The van der Waals surface area contributed by atoms with Crippen LogP contribution in [0.15, 0.2) is 42.5 Å². The van der Waals surface area contributed by atoms with Gasteiger partial charge in [-0.2, -0.15) is 0 Å². The summed E-state index contributed by atoms with van der Waals surface area (Å²) < 4.78 is 0. The van der Waals surface area contributed by atoms with Gasteiger partial charge in [0.15, 0.2) is 0 Å². The molecule has 2 amide bonds. The molecule has 7 heteroatoms. The predicted octanol–water partition coefficient (Wildman–Crippen LogP) is 3.14. The van der Waals surface area contributed by atoms with E-state index in [2.05, 4.69) is 16.9 Å². The SMILES string of the molecule is O=C(Cc1ccc(Cl)cc1Cl)NNC(=O)CN1CCCc2ccccc21. The highest BCUT2D eigenvalue weighted by Crippen LogP contribution is 2.26. The van der Waals surface area contributed by atoms with E-state index in [0.29, 0.717) is 15.6 Å². The van der Waals surface area contributed by atoms with Crippen molar-refractivity contribution in [2.75, 3.05) is 18.0 Å². The second-order valence-electron chi connectivity index (χ2n) is 6.16. The Morgan fingerprint density at radius 1 is 1.04 bits per heavy atom. The Balaban J connectivity index is 1.51. The third-order valence-corrected chi connectivity index (χ3v) is 4.84. The second kappa shape index (κ2) is 8.43. The number of anilines is 1. The Bertz CT molecular complexity index is 826. The molecule has 0 unspecified atom stereocenters. The van der Waals surface area contributed by atoms with Gasteiger partial charge in [-0.3, -0.25) is 20.4 Å². The molecule has 136 valence electrons. The molecule has 0 radical (unpaired) electrons. The molecule has 0 aromatic heterocycles. The topological polar surface area (TPSA) is 61.4 Å². The van der Waals surface area contributed by atoms with Crippen LogP contribution in [0.4, 0.5) is 5.69 Å². The van der Waals surface area contributed by atoms with E-state index in [1.165, 1.54) is 5.56 Å². The zero-order valence-electron chi connectivity index (χ0n) is 14.1. The van der Waals surface area contributed by atoms with Gasteiger partial charge in [-0.1, -0.05) is 47.5 Å². The van der Waals surface area contributed by atoms with Gasteiger partial charge in [0, 0.05) is 22.3 Å². The van der Waals surface area contributed by atoms with Crippen molar-refractivity contribution in [3.05, 3.63) is 63.6 Å². The molecule has 0 bridgehead atoms. The fourth-order valence-corrected chi connectivity index (χ4v) is 3.49. The summed E-state index contributed by atoms with van der Waals surface area (Å²) in [6.45, 7) is 1.01. The van der Waals surface area contributed by atoms with E-state index in [1.54, 1.807) is 18.2 Å². The van der Waals surface area contributed by atoms with Gasteiger partial charge < -0.3 is 4.90 Å². The zero-order chi connectivity index (χ0) is 18.5. The number of hydrazine groups is 1. The van der Waals surface area contributed by atoms with E-state index in [4.69, 9.17) is 23.2 Å². The highest BCUT2D eigenvalue weighted by Gasteiger charge is 2.18. The summed E-state index contributed by atoms with van der Waals surface area (Å²) in [6.07, 6.45) is 2.08. The average molecular weight is 392 g/mol. The first kappa shape index (κ1) is 18.5. The molecule has 2 N–H and O–H groups in total. The second-order valence-corrected chi connectivity index (χ2v) is 7.01. The quantitative estimate of drug-likeness (QED) is 0.786. The number of rotatable bonds is 4. The Labute approximate surface area is 162 Å². The van der Waals surface area contributed by atoms with Gasteiger partial charge in [-0.05, 0) is 42.2 Å². The molecule has 5 nitrogen and oxygen atoms in total. The van der Waals surface area contributed by atoms with Crippen LogP contribution in [0.2, 0.25) is 10.0 Å². The Kier molecular flexibility index (Phi) is 6.01. The molecule has 1 aliphatic heterocycles. The fraction of sp³-hybridized carbons (Fsp3) is 0.263. The van der Waals surface area contributed by atoms with E-state index in [9.17, 15) is 9.59 Å². The number of fused-ring (bicyclic) bond motifs is 1. The Hall–Kier alpha value is -2.24. The highest BCUT2D eigenvalue weighted by molar-refractivity contribution is 6.35. The van der Waals surface area contributed by atoms with Crippen molar-refractivity contribution in [2.45, 2.75) is 19.3 Å². The van der Waals surface area contributed by atoms with Crippen molar-refractivity contribution in [3.63, 3.8) is 0 Å². The summed E-state index contributed by atoms with van der Waals surface area (Å²) in [4.78, 5) is 26.2. The van der Waals surface area contributed by atoms with Crippen LogP contribution < -0.4 is 15.8 Å². The minimum atomic E-state index is -0.346. The van der Waals surface area contributed by atoms with Crippen molar-refractivity contribution < 1.29 is 9.59 Å². The van der Waals surface area contributed by atoms with E-state index in [-0.39, 0.29) is 24.8 Å². The number of carbonyl (C=O) groups excluding carboxylic acids is 2. The summed E-state index contributed by atoms with van der Waals surface area (Å²) in [5, 5.41) is 0.929. The molecule has 0 spiro atoms. The first-order valence-corrected chi connectivity index (χ1v) is 9.13. The maximum absolute atomic E-state index is 12.2. The number of carbonyl (C=O) groups is 2. The summed E-state index contributed by atoms with van der Waals surface area (Å²) in [5.74, 6) is -0.612. The summed E-state index contributed by atoms with van der Waals surface area (Å²) >= 11 is 11.9. The van der Waals surface area contributed by atoms with E-state index < -0.39 is 0 Å². The number of halogens is 2. The smallest absolute Gasteiger partial charge is 0.257 e. The molecule has 0 fully saturated rings. The van der Waals surface area contributed by atoms with Gasteiger partial charge in [0.25, 0.3) is 5.91 Å². The normalized spacial score (nSPS) is 13.1. The summed E-state index contributed by atoms with van der Waals surface area (Å²) in [6, 6.07) is 13.0. The number of hydrogen-bond acceptors (Lipinski definition) is 3. The van der Waals surface area contributed by atoms with Crippen molar-refractivity contribution in [1.82, 2.24) is 10.9 Å². The third-order valence-electron chi connectivity index (χ3n) is 4.25. The first-order valence-electron chi connectivity index (χ1n) is 8.37. The Morgan fingerprint density at radius 3 is 2.62 bits per heavy atom. The molecule has 3 rings (SSSR count). The lowest BCUT2D eigenvalue weighted by atomic mass is 10.0. The van der Waals surface area contributed by atoms with Crippen molar-refractivity contribution >= 4 is 40.7 Å². The van der Waals surface area contributed by atoms with Crippen molar-refractivity contribution in [3.8, 4) is 0 Å². The molecule has 26 heavy (non-hydrogen) atoms. The number of nitrogens with zero attached hydrogens (tertiary/aromatic N) is 1. The minimum absolute atomic E-state index is 0.0584. The number of nitrogens with one attached hydrogen (secondary N) is 2. The lowest BCUT2D eigenvalue weighted by molar-refractivity contribution is -0.127. The van der Waals surface area contributed by atoms with E-state index >= 15 is 0 Å². The standard InChI is InChI=1S/C19H19Cl2N3O2/c20-15-8-7-14(16(21)11-15)10-18(25)22-23-19(26)12-24-9-3-5-13-4-1-2-6-17(13)24/h1-2,4,6-8,11H,3,5,9-10,12H2,(H,22,25)(H,23,26). The van der Waals surface area contributed by atoms with E-state index in [1.807, 2.05) is 23.1 Å². The van der Waals surface area contributed by atoms with Crippen LogP contribution in [0.3, 0.4) is 0 Å². The van der Waals surface area contributed by atoms with Crippen LogP contribution >= 0.6 is 23.2 Å². The van der Waals surface area contributed by atoms with Crippen LogP contribution in [0.5, 0.6) is 0 Å². The summed E-state index contributed by atoms with van der Waals surface area (Å²) in [5.41, 5.74) is 7.86. The molecule has 1 aliphatic rings. The van der Waals surface area contributed by atoms with Crippen molar-refractivity contribution in [1.29, 1.82) is 0 Å². The minimum Gasteiger partial charge on any atom is -0.362 e. The first-order chi connectivity index (χ1) is 12.5. The lowest BCUT2D eigenvalue weighted by Crippen LogP contribution is -2.47. The molecular formula is C19H19Cl2N3O2. The van der Waals surface area contributed by atoms with Crippen LogP contribution in [-0.4, -0.2) is 24.9 Å². The number of amides is 2. The monoisotopic (exact) mass is 391 g/mol. The number of benzene rings is 2. The largest absolute Gasteiger partial charge is 0.362 e. The fourth-order valence-electron chi connectivity index (χ4n) is 3.01. The van der Waals surface area contributed by atoms with Crippen LogP contribution in [0, 0.1) is 0 Å². The molecule has 1 heterocycles. The summed E-state index contributed by atoms with van der Waals surface area (Å²) in [7, 11) is 0. The van der Waals surface area contributed by atoms with Crippen molar-refractivity contribution in [2.24, 2.45) is 0 Å². The van der Waals surface area contributed by atoms with Gasteiger partial charge in [0.2, 0.25) is 5.91 Å². The number of hydrogen-bond donors (Lipinski definition) is 2. The maximum Gasteiger partial charge on any atom is 0.257 e. The highest BCUT2D eigenvalue weighted by atomic mass is 35.5. The lowest BCUT2D eigenvalue weighted by Gasteiger charge is -2.30. The van der Waals surface area contributed by atoms with Gasteiger partial charge in [-0.25, -0.2) is 0 Å². The van der Waals surface area contributed by atoms with Gasteiger partial charge in [0.05, 0.1) is 13.0 Å². The predicted molar refractivity (Wildman–Crippen MR) is 103 cm³/mol. The molecule has 0 aliphatic carbocycles. The van der Waals surface area contributed by atoms with Gasteiger partial charge >= 0.3 is 0 Å². The van der Waals surface area contributed by atoms with Gasteiger partial charge in [0.1, 0.15) is 0 Å². The number of aryl methyl sites for hydroxylation is 1. The molecule has 2 aromatic rings. The molecule has 2 aromatic carbocycles. The van der Waals surface area contributed by atoms with E-state index in [0.717, 1.165) is 25.1 Å².